The van der Waals surface area contributed by atoms with Crippen LogP contribution >= 0.6 is 23.4 Å². The Balaban J connectivity index is 3.30. The van der Waals surface area contributed by atoms with Crippen molar-refractivity contribution in [1.29, 1.82) is 0 Å². The van der Waals surface area contributed by atoms with Crippen LogP contribution in [0, 0.1) is 6.92 Å². The molecule has 1 rings (SSSR count). The van der Waals surface area contributed by atoms with Crippen LogP contribution in [0.1, 0.15) is 5.56 Å². The summed E-state index contributed by atoms with van der Waals surface area (Å²) in [7, 11) is -1.46. The Bertz CT molecular complexity index is 317. The molecule has 5 heteroatoms. The van der Waals surface area contributed by atoms with Crippen LogP contribution < -0.4 is 5.46 Å². The maximum absolute atomic E-state index is 9.03. The summed E-state index contributed by atoms with van der Waals surface area (Å²) in [4.78, 5) is 0.733. The molecule has 0 aromatic heterocycles. The number of thioether (sulfide) groups is 1. The van der Waals surface area contributed by atoms with E-state index < -0.39 is 7.12 Å². The number of benzene rings is 1. The van der Waals surface area contributed by atoms with Gasteiger partial charge in [0.2, 0.25) is 0 Å². The third kappa shape index (κ3) is 2.20. The molecule has 0 radical (unpaired) electrons. The molecule has 0 bridgehead atoms. The van der Waals surface area contributed by atoms with E-state index in [-0.39, 0.29) is 0 Å². The molecule has 1 aromatic carbocycles. The van der Waals surface area contributed by atoms with E-state index in [1.54, 1.807) is 12.1 Å². The second-order valence-electron chi connectivity index (χ2n) is 2.69. The SMILES string of the molecule is CSc1c(B(O)O)ccc(C)c1Cl. The molecule has 0 saturated heterocycles. The predicted molar refractivity (Wildman–Crippen MR) is 57.8 cm³/mol. The molecule has 0 spiro atoms. The fourth-order valence-electron chi connectivity index (χ4n) is 1.08. The standard InChI is InChI=1S/C8H10BClO2S/c1-5-3-4-6(9(11)12)8(13-2)7(5)10/h3-4,11-12H,1-2H3. The van der Waals surface area contributed by atoms with Crippen LogP contribution in [0.4, 0.5) is 0 Å². The summed E-state index contributed by atoms with van der Waals surface area (Å²) >= 11 is 7.41. The van der Waals surface area contributed by atoms with Crippen LogP contribution in [0.25, 0.3) is 0 Å². The highest BCUT2D eigenvalue weighted by atomic mass is 35.5. The predicted octanol–water partition coefficient (Wildman–Crippen LogP) is 1.05. The van der Waals surface area contributed by atoms with Gasteiger partial charge in [-0.3, -0.25) is 0 Å². The van der Waals surface area contributed by atoms with Gasteiger partial charge in [-0.05, 0) is 24.2 Å². The monoisotopic (exact) mass is 216 g/mol. The van der Waals surface area contributed by atoms with Gasteiger partial charge in [-0.25, -0.2) is 0 Å². The fourth-order valence-corrected chi connectivity index (χ4v) is 2.23. The highest BCUT2D eigenvalue weighted by Gasteiger charge is 2.18. The minimum absolute atomic E-state index is 0.461. The van der Waals surface area contributed by atoms with E-state index in [0.717, 1.165) is 10.5 Å². The molecule has 70 valence electrons. The number of hydrogen-bond donors (Lipinski definition) is 2. The summed E-state index contributed by atoms with van der Waals surface area (Å²) < 4.78 is 0. The first-order valence-corrected chi connectivity index (χ1v) is 5.37. The first kappa shape index (κ1) is 10.9. The Morgan fingerprint density at radius 3 is 2.46 bits per heavy atom. The molecule has 0 unspecified atom stereocenters. The maximum atomic E-state index is 9.03. The van der Waals surface area contributed by atoms with E-state index >= 15 is 0 Å². The number of rotatable bonds is 2. The summed E-state index contributed by atoms with van der Waals surface area (Å²) in [5.74, 6) is 0. The van der Waals surface area contributed by atoms with E-state index in [9.17, 15) is 0 Å². The van der Waals surface area contributed by atoms with E-state index in [4.69, 9.17) is 21.6 Å². The molecular weight excluding hydrogens is 206 g/mol. The number of halogens is 1. The maximum Gasteiger partial charge on any atom is 0.489 e. The molecule has 1 aromatic rings. The molecule has 13 heavy (non-hydrogen) atoms. The Morgan fingerprint density at radius 2 is 2.00 bits per heavy atom. The van der Waals surface area contributed by atoms with E-state index in [1.807, 2.05) is 13.2 Å². The fraction of sp³-hybridized carbons (Fsp3) is 0.250. The van der Waals surface area contributed by atoms with Gasteiger partial charge < -0.3 is 10.0 Å². The van der Waals surface area contributed by atoms with Crippen LogP contribution in [-0.4, -0.2) is 23.4 Å². The molecule has 2 nitrogen and oxygen atoms in total. The van der Waals surface area contributed by atoms with E-state index in [2.05, 4.69) is 0 Å². The minimum Gasteiger partial charge on any atom is -0.423 e. The quantitative estimate of drug-likeness (QED) is 0.573. The van der Waals surface area contributed by atoms with Crippen molar-refractivity contribution in [3.63, 3.8) is 0 Å². The van der Waals surface area contributed by atoms with Gasteiger partial charge >= 0.3 is 7.12 Å². The van der Waals surface area contributed by atoms with Crippen LogP contribution in [0.5, 0.6) is 0 Å². The zero-order valence-electron chi connectivity index (χ0n) is 7.41. The van der Waals surface area contributed by atoms with Crippen LogP contribution in [-0.2, 0) is 0 Å². The first-order chi connectivity index (χ1) is 6.07. The lowest BCUT2D eigenvalue weighted by Crippen LogP contribution is -2.31. The minimum atomic E-state index is -1.46. The van der Waals surface area contributed by atoms with Gasteiger partial charge in [0.15, 0.2) is 0 Å². The van der Waals surface area contributed by atoms with Crippen molar-refractivity contribution < 1.29 is 10.0 Å². The van der Waals surface area contributed by atoms with E-state index in [1.165, 1.54) is 11.8 Å². The van der Waals surface area contributed by atoms with Gasteiger partial charge in [0.05, 0.1) is 5.02 Å². The first-order valence-electron chi connectivity index (χ1n) is 3.77. The number of aryl methyl sites for hydroxylation is 1. The summed E-state index contributed by atoms with van der Waals surface area (Å²) in [6, 6.07) is 3.45. The lowest BCUT2D eigenvalue weighted by atomic mass is 9.80. The van der Waals surface area contributed by atoms with Crippen LogP contribution in [0.3, 0.4) is 0 Å². The lowest BCUT2D eigenvalue weighted by Gasteiger charge is -2.10. The molecular formula is C8H10BClO2S. The third-order valence-electron chi connectivity index (χ3n) is 1.80. The topological polar surface area (TPSA) is 40.5 Å². The molecule has 2 N–H and O–H groups in total. The Kier molecular flexibility index (Phi) is 3.68. The summed E-state index contributed by atoms with van der Waals surface area (Å²) in [5.41, 5.74) is 1.40. The highest BCUT2D eigenvalue weighted by molar-refractivity contribution is 7.99. The molecule has 0 aliphatic rings. The molecule has 0 heterocycles. The van der Waals surface area contributed by atoms with Gasteiger partial charge in [0.1, 0.15) is 0 Å². The normalized spacial score (nSPS) is 10.2. The van der Waals surface area contributed by atoms with Gasteiger partial charge in [-0.1, -0.05) is 23.7 Å². The summed E-state index contributed by atoms with van der Waals surface area (Å²) in [5, 5.41) is 18.7. The molecule has 0 fully saturated rings. The average molecular weight is 216 g/mol. The van der Waals surface area contributed by atoms with Gasteiger partial charge in [0, 0.05) is 4.90 Å². The van der Waals surface area contributed by atoms with Crippen LogP contribution in [0.15, 0.2) is 17.0 Å². The smallest absolute Gasteiger partial charge is 0.423 e. The summed E-state index contributed by atoms with van der Waals surface area (Å²) in [6.45, 7) is 1.88. The zero-order chi connectivity index (χ0) is 10.0. The zero-order valence-corrected chi connectivity index (χ0v) is 8.99. The molecule has 0 saturated carbocycles. The highest BCUT2D eigenvalue weighted by Crippen LogP contribution is 2.26. The Labute approximate surface area is 87.1 Å². The second kappa shape index (κ2) is 4.37. The third-order valence-corrected chi connectivity index (χ3v) is 3.25. The summed E-state index contributed by atoms with van der Waals surface area (Å²) in [6.07, 6.45) is 1.85. The second-order valence-corrected chi connectivity index (χ2v) is 3.89. The van der Waals surface area contributed by atoms with Crippen molar-refractivity contribution in [2.24, 2.45) is 0 Å². The average Bonchev–Trinajstić information content (AvgIpc) is 2.09. The lowest BCUT2D eigenvalue weighted by molar-refractivity contribution is 0.425. The largest absolute Gasteiger partial charge is 0.489 e. The van der Waals surface area contributed by atoms with Crippen molar-refractivity contribution in [1.82, 2.24) is 0 Å². The van der Waals surface area contributed by atoms with Gasteiger partial charge in [0.25, 0.3) is 0 Å². The van der Waals surface area contributed by atoms with E-state index in [0.29, 0.717) is 10.5 Å². The van der Waals surface area contributed by atoms with Crippen molar-refractivity contribution in [3.8, 4) is 0 Å². The molecule has 0 aliphatic heterocycles. The van der Waals surface area contributed by atoms with Crippen LogP contribution in [0.2, 0.25) is 5.02 Å². The molecule has 0 aliphatic carbocycles. The molecule has 0 amide bonds. The number of hydrogen-bond acceptors (Lipinski definition) is 3. The van der Waals surface area contributed by atoms with Gasteiger partial charge in [-0.15, -0.1) is 11.8 Å². The van der Waals surface area contributed by atoms with Crippen molar-refractivity contribution in [2.75, 3.05) is 6.26 Å². The van der Waals surface area contributed by atoms with Crippen molar-refractivity contribution >= 4 is 35.9 Å². The van der Waals surface area contributed by atoms with Crippen molar-refractivity contribution in [2.45, 2.75) is 11.8 Å². The molecule has 0 atom stereocenters. The Hall–Kier alpha value is -0.155. The van der Waals surface area contributed by atoms with Gasteiger partial charge in [-0.2, -0.15) is 0 Å². The van der Waals surface area contributed by atoms with Crippen molar-refractivity contribution in [3.05, 3.63) is 22.7 Å². The Morgan fingerprint density at radius 1 is 1.38 bits per heavy atom.